The van der Waals surface area contributed by atoms with E-state index in [2.05, 4.69) is 33.8 Å². The summed E-state index contributed by atoms with van der Waals surface area (Å²) in [7, 11) is 2.14. The van der Waals surface area contributed by atoms with Gasteiger partial charge in [-0.2, -0.15) is 0 Å². The van der Waals surface area contributed by atoms with Crippen molar-refractivity contribution in [2.45, 2.75) is 19.8 Å². The zero-order valence-corrected chi connectivity index (χ0v) is 17.7. The molecule has 0 saturated carbocycles. The van der Waals surface area contributed by atoms with Gasteiger partial charge in [-0.25, -0.2) is 9.98 Å². The Bertz CT molecular complexity index is 942. The molecule has 1 aromatic carbocycles. The van der Waals surface area contributed by atoms with Crippen LogP contribution in [0.3, 0.4) is 0 Å². The van der Waals surface area contributed by atoms with Crippen molar-refractivity contribution in [1.82, 2.24) is 9.88 Å². The Morgan fingerprint density at radius 1 is 1.48 bits per heavy atom. The van der Waals surface area contributed by atoms with Crippen LogP contribution in [-0.2, 0) is 9.53 Å². The Morgan fingerprint density at radius 3 is 2.97 bits per heavy atom. The van der Waals surface area contributed by atoms with E-state index >= 15 is 0 Å². The van der Waals surface area contributed by atoms with Gasteiger partial charge in [0.1, 0.15) is 0 Å². The number of fused-ring (bicyclic) bond motifs is 1. The average Bonchev–Trinajstić information content (AvgIpc) is 3.08. The first kappa shape index (κ1) is 21.0. The van der Waals surface area contributed by atoms with Gasteiger partial charge in [-0.05, 0) is 68.2 Å². The number of thiazole rings is 1. The van der Waals surface area contributed by atoms with Gasteiger partial charge in [0.05, 0.1) is 16.8 Å². The van der Waals surface area contributed by atoms with Crippen molar-refractivity contribution in [3.8, 4) is 0 Å². The van der Waals surface area contributed by atoms with Crippen LogP contribution in [-0.4, -0.2) is 48.6 Å². The van der Waals surface area contributed by atoms with Crippen LogP contribution in [0.4, 0.5) is 5.13 Å². The molecule has 2 heterocycles. The van der Waals surface area contributed by atoms with Gasteiger partial charge < -0.3 is 20.7 Å². The number of anilines is 1. The van der Waals surface area contributed by atoms with E-state index in [4.69, 9.17) is 10.5 Å². The van der Waals surface area contributed by atoms with Crippen LogP contribution in [0.15, 0.2) is 42.0 Å². The van der Waals surface area contributed by atoms with Crippen LogP contribution in [0.1, 0.15) is 25.3 Å². The van der Waals surface area contributed by atoms with Gasteiger partial charge in [-0.3, -0.25) is 4.79 Å². The monoisotopic (exact) mass is 413 g/mol. The lowest BCUT2D eigenvalue weighted by Crippen LogP contribution is -2.33. The summed E-state index contributed by atoms with van der Waals surface area (Å²) in [6, 6.07) is 6.02. The van der Waals surface area contributed by atoms with Crippen molar-refractivity contribution >= 4 is 44.2 Å². The lowest BCUT2D eigenvalue weighted by molar-refractivity contribution is -0.114. The lowest BCUT2D eigenvalue weighted by Gasteiger charge is -2.28. The van der Waals surface area contributed by atoms with E-state index in [1.165, 1.54) is 18.3 Å². The molecule has 0 bridgehead atoms. The molecule has 0 atom stereocenters. The van der Waals surface area contributed by atoms with E-state index in [-0.39, 0.29) is 11.9 Å². The van der Waals surface area contributed by atoms with Gasteiger partial charge in [-0.1, -0.05) is 24.0 Å². The molecular formula is C21H27N5O2S. The number of hydrogen-bond donors (Lipinski definition) is 2. The number of benzene rings is 1. The summed E-state index contributed by atoms with van der Waals surface area (Å²) in [6.07, 6.45) is 5.65. The van der Waals surface area contributed by atoms with E-state index in [0.717, 1.165) is 47.3 Å². The highest BCUT2D eigenvalue weighted by molar-refractivity contribution is 7.22. The van der Waals surface area contributed by atoms with Crippen molar-refractivity contribution in [1.29, 1.82) is 0 Å². The summed E-state index contributed by atoms with van der Waals surface area (Å²) in [5, 5.41) is 3.30. The normalized spacial score (nSPS) is 16.4. The number of aliphatic imine (C=N–C) groups is 1. The molecule has 1 amide bonds. The minimum Gasteiger partial charge on any atom is -0.465 e. The van der Waals surface area contributed by atoms with Crippen LogP contribution in [0.2, 0.25) is 0 Å². The van der Waals surface area contributed by atoms with E-state index < -0.39 is 0 Å². The maximum atomic E-state index is 11.2. The van der Waals surface area contributed by atoms with Gasteiger partial charge in [0.15, 0.2) is 5.13 Å². The summed E-state index contributed by atoms with van der Waals surface area (Å²) in [5.41, 5.74) is 8.44. The first-order valence-corrected chi connectivity index (χ1v) is 10.4. The third kappa shape index (κ3) is 6.13. The molecule has 1 aliphatic heterocycles. The molecule has 1 aliphatic rings. The fraction of sp³-hybridized carbons (Fsp3) is 0.381. The Kier molecular flexibility index (Phi) is 7.00. The second kappa shape index (κ2) is 9.67. The van der Waals surface area contributed by atoms with Crippen molar-refractivity contribution in [2.75, 3.05) is 32.1 Å². The summed E-state index contributed by atoms with van der Waals surface area (Å²) < 4.78 is 6.56. The van der Waals surface area contributed by atoms with Crippen LogP contribution in [0.25, 0.3) is 15.8 Å². The minimum absolute atomic E-state index is 0.134. The van der Waals surface area contributed by atoms with Crippen LogP contribution >= 0.6 is 11.3 Å². The molecule has 3 N–H and O–H groups in total. The summed E-state index contributed by atoms with van der Waals surface area (Å²) in [4.78, 5) is 22.0. The number of carbonyl (C=O) groups is 1. The number of nitrogens with two attached hydrogens (primary N) is 1. The number of allylic oxidation sites excluding steroid dienone is 2. The average molecular weight is 414 g/mol. The number of nitrogens with one attached hydrogen (secondary N) is 1. The number of piperidine rings is 1. The summed E-state index contributed by atoms with van der Waals surface area (Å²) in [6.45, 7) is 8.35. The molecule has 0 unspecified atom stereocenters. The molecule has 0 spiro atoms. The molecule has 1 saturated heterocycles. The fourth-order valence-corrected chi connectivity index (χ4v) is 4.05. The van der Waals surface area contributed by atoms with Crippen molar-refractivity contribution in [3.05, 3.63) is 42.6 Å². The molecule has 2 aromatic rings. The lowest BCUT2D eigenvalue weighted by atomic mass is 9.98. The molecule has 0 aliphatic carbocycles. The maximum absolute atomic E-state index is 11.2. The Morgan fingerprint density at radius 2 is 2.24 bits per heavy atom. The van der Waals surface area contributed by atoms with Gasteiger partial charge in [0, 0.05) is 13.1 Å². The number of rotatable bonds is 6. The quantitative estimate of drug-likeness (QED) is 0.430. The van der Waals surface area contributed by atoms with E-state index in [1.54, 1.807) is 12.3 Å². The van der Waals surface area contributed by atoms with Crippen molar-refractivity contribution in [2.24, 2.45) is 16.6 Å². The topological polar surface area (TPSA) is 92.8 Å². The SMILES string of the molecule is C=C(/C=C\N=C(N)OCC1CCN(C)CC1)c1ccc2nc(NC(C)=O)sc2c1. The predicted molar refractivity (Wildman–Crippen MR) is 120 cm³/mol. The van der Waals surface area contributed by atoms with E-state index in [1.807, 2.05) is 18.2 Å². The number of aromatic nitrogens is 1. The third-order valence-corrected chi connectivity index (χ3v) is 5.76. The number of amides is 1. The Hall–Kier alpha value is -2.71. The second-order valence-corrected chi connectivity index (χ2v) is 8.28. The maximum Gasteiger partial charge on any atom is 0.286 e. The van der Waals surface area contributed by atoms with Crippen LogP contribution < -0.4 is 11.1 Å². The number of likely N-dealkylation sites (tertiary alicyclic amines) is 1. The molecule has 154 valence electrons. The minimum atomic E-state index is -0.134. The smallest absolute Gasteiger partial charge is 0.286 e. The highest BCUT2D eigenvalue weighted by Gasteiger charge is 2.17. The Labute approximate surface area is 175 Å². The van der Waals surface area contributed by atoms with E-state index in [0.29, 0.717) is 17.7 Å². The predicted octanol–water partition coefficient (Wildman–Crippen LogP) is 3.45. The second-order valence-electron chi connectivity index (χ2n) is 7.25. The van der Waals surface area contributed by atoms with E-state index in [9.17, 15) is 4.79 Å². The fourth-order valence-electron chi connectivity index (χ4n) is 3.09. The first-order chi connectivity index (χ1) is 13.9. The molecule has 0 radical (unpaired) electrons. The number of ether oxygens (including phenoxy) is 1. The summed E-state index contributed by atoms with van der Waals surface area (Å²) >= 11 is 1.43. The number of carbonyl (C=O) groups excluding carboxylic acids is 1. The molecule has 1 aromatic heterocycles. The highest BCUT2D eigenvalue weighted by Crippen LogP contribution is 2.28. The van der Waals surface area contributed by atoms with Crippen LogP contribution in [0, 0.1) is 5.92 Å². The Balaban J connectivity index is 1.55. The number of amidine groups is 1. The first-order valence-electron chi connectivity index (χ1n) is 9.59. The molecule has 8 heteroatoms. The van der Waals surface area contributed by atoms with Gasteiger partial charge >= 0.3 is 0 Å². The number of hydrogen-bond acceptors (Lipinski definition) is 6. The zero-order chi connectivity index (χ0) is 20.8. The van der Waals surface area contributed by atoms with Gasteiger partial charge in [0.25, 0.3) is 6.02 Å². The number of nitrogens with zero attached hydrogens (tertiary/aromatic N) is 3. The summed E-state index contributed by atoms with van der Waals surface area (Å²) in [5.74, 6) is 0.400. The molecule has 1 fully saturated rings. The van der Waals surface area contributed by atoms with Gasteiger partial charge in [0.2, 0.25) is 5.91 Å². The largest absolute Gasteiger partial charge is 0.465 e. The molecule has 29 heavy (non-hydrogen) atoms. The standard InChI is InChI=1S/C21H27N5O2S/c1-14(6-9-23-20(22)28-13-16-7-10-26(3)11-8-16)17-4-5-18-19(12-17)29-21(25-18)24-15(2)27/h4-6,9,12,16H,1,7-8,10-11,13H2,2-3H3,(H2,22,23)(H,24,25,27)/b9-6-. The van der Waals surface area contributed by atoms with Crippen molar-refractivity contribution < 1.29 is 9.53 Å². The zero-order valence-electron chi connectivity index (χ0n) is 16.9. The van der Waals surface area contributed by atoms with Crippen LogP contribution in [0.5, 0.6) is 0 Å². The third-order valence-electron chi connectivity index (χ3n) is 4.82. The van der Waals surface area contributed by atoms with Crippen molar-refractivity contribution in [3.63, 3.8) is 0 Å². The van der Waals surface area contributed by atoms with Gasteiger partial charge in [-0.15, -0.1) is 0 Å². The molecular weight excluding hydrogens is 386 g/mol. The molecule has 3 rings (SSSR count). The highest BCUT2D eigenvalue weighted by atomic mass is 32.1. The molecule has 7 nitrogen and oxygen atoms in total.